The lowest BCUT2D eigenvalue weighted by Gasteiger charge is -2.36. The molecule has 2 N–H and O–H groups in total. The zero-order chi connectivity index (χ0) is 23.5. The highest BCUT2D eigenvalue weighted by Crippen LogP contribution is 2.27. The Morgan fingerprint density at radius 3 is 2.48 bits per heavy atom. The van der Waals surface area contributed by atoms with E-state index in [0.29, 0.717) is 30.5 Å². The van der Waals surface area contributed by atoms with Crippen LogP contribution >= 0.6 is 0 Å². The average Bonchev–Trinajstić information content (AvgIpc) is 3.15. The highest BCUT2D eigenvalue weighted by atomic mass is 16.6. The van der Waals surface area contributed by atoms with Gasteiger partial charge in [-0.2, -0.15) is 4.98 Å². The Morgan fingerprint density at radius 1 is 1.12 bits per heavy atom. The first-order valence-electron chi connectivity index (χ1n) is 11.9. The normalized spacial score (nSPS) is 24.7. The summed E-state index contributed by atoms with van der Waals surface area (Å²) in [6.45, 7) is 14.2. The zero-order valence-corrected chi connectivity index (χ0v) is 20.3. The summed E-state index contributed by atoms with van der Waals surface area (Å²) in [7, 11) is 0. The minimum absolute atomic E-state index is 0.0214. The van der Waals surface area contributed by atoms with E-state index in [-0.39, 0.29) is 24.1 Å². The highest BCUT2D eigenvalue weighted by Gasteiger charge is 2.37. The molecular weight excluding hydrogens is 416 g/mol. The minimum atomic E-state index is -0.352. The first-order chi connectivity index (χ1) is 15.8. The molecule has 4 rings (SSSR count). The molecule has 33 heavy (non-hydrogen) atoms. The number of rotatable bonds is 7. The Bertz CT molecular complexity index is 940. The highest BCUT2D eigenvalue weighted by molar-refractivity contribution is 5.89. The van der Waals surface area contributed by atoms with Crippen LogP contribution in [0.3, 0.4) is 0 Å². The van der Waals surface area contributed by atoms with Crippen LogP contribution in [0.2, 0.25) is 0 Å². The van der Waals surface area contributed by atoms with Crippen molar-refractivity contribution in [2.24, 2.45) is 5.92 Å². The van der Waals surface area contributed by atoms with Crippen LogP contribution in [0.5, 0.6) is 0 Å². The van der Waals surface area contributed by atoms with Gasteiger partial charge in [-0.15, -0.1) is 0 Å². The summed E-state index contributed by atoms with van der Waals surface area (Å²) in [5, 5.41) is 6.96. The van der Waals surface area contributed by atoms with Gasteiger partial charge in [0.1, 0.15) is 12.4 Å². The lowest BCUT2D eigenvalue weighted by atomic mass is 10.0. The first-order valence-corrected chi connectivity index (χ1v) is 11.9. The van der Waals surface area contributed by atoms with E-state index in [4.69, 9.17) is 4.74 Å². The summed E-state index contributed by atoms with van der Waals surface area (Å²) in [6, 6.07) is 11.5. The molecule has 4 unspecified atom stereocenters. The van der Waals surface area contributed by atoms with Crippen molar-refractivity contribution in [3.8, 4) is 0 Å². The number of amides is 1. The van der Waals surface area contributed by atoms with Gasteiger partial charge in [-0.1, -0.05) is 38.1 Å². The maximum atomic E-state index is 12.3. The van der Waals surface area contributed by atoms with Gasteiger partial charge >= 0.3 is 6.09 Å². The number of aromatic nitrogens is 2. The van der Waals surface area contributed by atoms with Crippen molar-refractivity contribution in [2.45, 2.75) is 65.3 Å². The van der Waals surface area contributed by atoms with Crippen molar-refractivity contribution in [1.82, 2.24) is 20.2 Å². The molecule has 0 bridgehead atoms. The van der Waals surface area contributed by atoms with E-state index in [1.807, 2.05) is 0 Å². The van der Waals surface area contributed by atoms with E-state index >= 15 is 0 Å². The van der Waals surface area contributed by atoms with Crippen molar-refractivity contribution in [2.75, 3.05) is 29.9 Å². The van der Waals surface area contributed by atoms with Gasteiger partial charge in [0.25, 0.3) is 0 Å². The van der Waals surface area contributed by atoms with Gasteiger partial charge in [0.2, 0.25) is 5.95 Å². The Balaban J connectivity index is 1.40. The van der Waals surface area contributed by atoms with Gasteiger partial charge in [-0.05, 0) is 43.9 Å². The minimum Gasteiger partial charge on any atom is -0.447 e. The molecule has 8 heteroatoms. The SMILES string of the molecule is CC1CN(Cc2ccc(C(C)Nc3nccc(N4C(=O)OCC4C(C)C)n3)cc2)CC(C)N1. The number of benzene rings is 1. The second-order valence-corrected chi connectivity index (χ2v) is 9.77. The summed E-state index contributed by atoms with van der Waals surface area (Å²) < 4.78 is 5.26. The number of nitrogens with zero attached hydrogens (tertiary/aromatic N) is 4. The zero-order valence-electron chi connectivity index (χ0n) is 20.3. The second kappa shape index (κ2) is 10.1. The molecule has 2 saturated heterocycles. The molecule has 0 saturated carbocycles. The van der Waals surface area contributed by atoms with Crippen LogP contribution in [0, 0.1) is 5.92 Å². The molecule has 8 nitrogen and oxygen atoms in total. The second-order valence-electron chi connectivity index (χ2n) is 9.77. The van der Waals surface area contributed by atoms with E-state index in [1.165, 1.54) is 5.56 Å². The Morgan fingerprint density at radius 2 is 1.82 bits per heavy atom. The number of ether oxygens (including phenoxy) is 1. The standard InChI is InChI=1S/C25H36N6O2/c1-16(2)22-15-33-25(32)31(22)23-10-11-26-24(29-23)28-19(5)21-8-6-20(7-9-21)14-30-12-17(3)27-18(4)13-30/h6-11,16-19,22,27H,12-15H2,1-5H3,(H,26,28,29). The van der Waals surface area contributed by atoms with Crippen molar-refractivity contribution < 1.29 is 9.53 Å². The molecule has 1 aromatic heterocycles. The number of hydrogen-bond acceptors (Lipinski definition) is 7. The molecule has 3 heterocycles. The van der Waals surface area contributed by atoms with Gasteiger partial charge in [-0.3, -0.25) is 9.80 Å². The lowest BCUT2D eigenvalue weighted by Crippen LogP contribution is -2.53. The van der Waals surface area contributed by atoms with E-state index < -0.39 is 0 Å². The van der Waals surface area contributed by atoms with Crippen molar-refractivity contribution >= 4 is 17.9 Å². The third-order valence-corrected chi connectivity index (χ3v) is 6.43. The Hall–Kier alpha value is -2.71. The Kier molecular flexibility index (Phi) is 7.14. The molecule has 1 amide bonds. The van der Waals surface area contributed by atoms with Crippen LogP contribution in [-0.4, -0.2) is 58.8 Å². The largest absolute Gasteiger partial charge is 0.447 e. The summed E-state index contributed by atoms with van der Waals surface area (Å²) >= 11 is 0. The summed E-state index contributed by atoms with van der Waals surface area (Å²) in [5.74, 6) is 1.33. The van der Waals surface area contributed by atoms with Crippen LogP contribution < -0.4 is 15.5 Å². The number of carbonyl (C=O) groups is 1. The molecule has 2 aromatic rings. The van der Waals surface area contributed by atoms with Crippen molar-refractivity contribution in [1.29, 1.82) is 0 Å². The van der Waals surface area contributed by atoms with E-state index in [1.54, 1.807) is 17.2 Å². The fourth-order valence-corrected chi connectivity index (χ4v) is 4.76. The van der Waals surface area contributed by atoms with Gasteiger partial charge in [-0.25, -0.2) is 9.78 Å². The molecule has 0 radical (unpaired) electrons. The Labute approximate surface area is 196 Å². The molecule has 2 aliphatic rings. The van der Waals surface area contributed by atoms with Gasteiger partial charge in [0.15, 0.2) is 0 Å². The smallest absolute Gasteiger partial charge is 0.415 e. The molecule has 178 valence electrons. The van der Waals surface area contributed by atoms with Gasteiger partial charge in [0.05, 0.1) is 12.1 Å². The molecular formula is C25H36N6O2. The van der Waals surface area contributed by atoms with Gasteiger partial charge in [0, 0.05) is 37.9 Å². The van der Waals surface area contributed by atoms with Crippen LogP contribution in [0.25, 0.3) is 0 Å². The summed E-state index contributed by atoms with van der Waals surface area (Å²) in [4.78, 5) is 25.4. The third-order valence-electron chi connectivity index (χ3n) is 6.43. The van der Waals surface area contributed by atoms with E-state index in [9.17, 15) is 4.79 Å². The molecule has 0 spiro atoms. The third kappa shape index (κ3) is 5.62. The number of carbonyl (C=O) groups excluding carboxylic acids is 1. The molecule has 2 fully saturated rings. The first kappa shape index (κ1) is 23.4. The predicted molar refractivity (Wildman–Crippen MR) is 130 cm³/mol. The number of nitrogens with one attached hydrogen (secondary N) is 2. The van der Waals surface area contributed by atoms with E-state index in [2.05, 4.69) is 84.4 Å². The number of piperazine rings is 1. The number of hydrogen-bond donors (Lipinski definition) is 2. The topological polar surface area (TPSA) is 82.6 Å². The molecule has 4 atom stereocenters. The van der Waals surface area contributed by atoms with Crippen molar-refractivity contribution in [3.05, 3.63) is 47.7 Å². The molecule has 0 aliphatic carbocycles. The fraction of sp³-hybridized carbons (Fsp3) is 0.560. The summed E-state index contributed by atoms with van der Waals surface area (Å²) in [5.41, 5.74) is 2.48. The molecule has 1 aromatic carbocycles. The van der Waals surface area contributed by atoms with Gasteiger partial charge < -0.3 is 15.4 Å². The lowest BCUT2D eigenvalue weighted by molar-refractivity contribution is 0.166. The fourth-order valence-electron chi connectivity index (χ4n) is 4.76. The van der Waals surface area contributed by atoms with Crippen LogP contribution in [0.15, 0.2) is 36.5 Å². The molecule has 2 aliphatic heterocycles. The van der Waals surface area contributed by atoms with Crippen molar-refractivity contribution in [3.63, 3.8) is 0 Å². The maximum Gasteiger partial charge on any atom is 0.415 e. The van der Waals surface area contributed by atoms with Crippen LogP contribution in [-0.2, 0) is 11.3 Å². The maximum absolute atomic E-state index is 12.3. The average molecular weight is 453 g/mol. The predicted octanol–water partition coefficient (Wildman–Crippen LogP) is 3.81. The quantitative estimate of drug-likeness (QED) is 0.661. The van der Waals surface area contributed by atoms with Crippen LogP contribution in [0.4, 0.5) is 16.6 Å². The summed E-state index contributed by atoms with van der Waals surface area (Å²) in [6.07, 6.45) is 1.33. The number of cyclic esters (lactones) is 1. The van der Waals surface area contributed by atoms with Crippen LogP contribution in [0.1, 0.15) is 51.8 Å². The van der Waals surface area contributed by atoms with E-state index in [0.717, 1.165) is 25.2 Å². The number of anilines is 2. The monoisotopic (exact) mass is 452 g/mol.